The van der Waals surface area contributed by atoms with Gasteiger partial charge in [0.15, 0.2) is 5.82 Å². The van der Waals surface area contributed by atoms with Crippen molar-refractivity contribution in [3.05, 3.63) is 70.7 Å². The molecule has 2 amide bonds. The van der Waals surface area contributed by atoms with Gasteiger partial charge in [0, 0.05) is 55.3 Å². The quantitative estimate of drug-likeness (QED) is 0.341. The molecule has 0 unspecified atom stereocenters. The second kappa shape index (κ2) is 11.8. The molecule has 1 heterocycles. The van der Waals surface area contributed by atoms with Crippen LogP contribution in [0.1, 0.15) is 22.8 Å². The predicted molar refractivity (Wildman–Crippen MR) is 132 cm³/mol. The van der Waals surface area contributed by atoms with E-state index in [1.54, 1.807) is 24.3 Å². The van der Waals surface area contributed by atoms with Gasteiger partial charge in [-0.2, -0.15) is 0 Å². The first-order chi connectivity index (χ1) is 15.9. The van der Waals surface area contributed by atoms with Crippen LogP contribution in [0.4, 0.5) is 11.6 Å². The fourth-order valence-corrected chi connectivity index (χ4v) is 3.17. The number of nitrogens with zero attached hydrogens (tertiary/aromatic N) is 2. The molecule has 0 bridgehead atoms. The number of aromatic nitrogens is 2. The molecule has 172 valence electrons. The third-order valence-corrected chi connectivity index (χ3v) is 4.88. The van der Waals surface area contributed by atoms with E-state index in [0.29, 0.717) is 54.2 Å². The van der Waals surface area contributed by atoms with Gasteiger partial charge in [-0.05, 0) is 43.3 Å². The van der Waals surface area contributed by atoms with Crippen LogP contribution < -0.4 is 21.3 Å². The highest BCUT2D eigenvalue weighted by molar-refractivity contribution is 6.30. The first-order valence-corrected chi connectivity index (χ1v) is 11.0. The van der Waals surface area contributed by atoms with Crippen molar-refractivity contribution in [1.82, 2.24) is 20.6 Å². The van der Waals surface area contributed by atoms with Crippen molar-refractivity contribution >= 4 is 35.1 Å². The molecule has 0 saturated carbocycles. The van der Waals surface area contributed by atoms with Gasteiger partial charge < -0.3 is 21.3 Å². The van der Waals surface area contributed by atoms with E-state index < -0.39 is 0 Å². The SMILES string of the molecule is CC(=O)NCCNc1cc(NCCNC(=O)c2cccc(C)c2)nc(-c2ccc(Cl)cc2)n1. The zero-order valence-corrected chi connectivity index (χ0v) is 19.4. The van der Waals surface area contributed by atoms with Crippen LogP contribution in [0.15, 0.2) is 54.6 Å². The van der Waals surface area contributed by atoms with Crippen molar-refractivity contribution < 1.29 is 9.59 Å². The fourth-order valence-electron chi connectivity index (χ4n) is 3.04. The number of rotatable bonds is 10. The second-order valence-corrected chi connectivity index (χ2v) is 7.87. The molecule has 9 heteroatoms. The Hall–Kier alpha value is -3.65. The van der Waals surface area contributed by atoms with Gasteiger partial charge in [0.05, 0.1) is 0 Å². The van der Waals surface area contributed by atoms with Gasteiger partial charge in [0.1, 0.15) is 11.6 Å². The number of anilines is 2. The Labute approximate surface area is 198 Å². The fraction of sp³-hybridized carbons (Fsp3) is 0.250. The van der Waals surface area contributed by atoms with E-state index in [2.05, 4.69) is 31.2 Å². The normalized spacial score (nSPS) is 10.4. The van der Waals surface area contributed by atoms with Crippen LogP contribution in [-0.2, 0) is 4.79 Å². The van der Waals surface area contributed by atoms with Gasteiger partial charge in [-0.1, -0.05) is 29.3 Å². The molecular weight excluding hydrogens is 440 g/mol. The minimum absolute atomic E-state index is 0.0867. The molecule has 0 fully saturated rings. The molecule has 33 heavy (non-hydrogen) atoms. The van der Waals surface area contributed by atoms with Gasteiger partial charge in [0.2, 0.25) is 5.91 Å². The Bertz CT molecular complexity index is 1100. The summed E-state index contributed by atoms with van der Waals surface area (Å²) in [5.41, 5.74) is 2.49. The minimum Gasteiger partial charge on any atom is -0.368 e. The lowest BCUT2D eigenvalue weighted by Gasteiger charge is -2.12. The molecule has 0 atom stereocenters. The highest BCUT2D eigenvalue weighted by Gasteiger charge is 2.08. The van der Waals surface area contributed by atoms with Gasteiger partial charge in [-0.15, -0.1) is 0 Å². The Kier molecular flexibility index (Phi) is 8.60. The maximum atomic E-state index is 12.3. The molecule has 3 rings (SSSR count). The summed E-state index contributed by atoms with van der Waals surface area (Å²) in [7, 11) is 0. The number of carbonyl (C=O) groups excluding carboxylic acids is 2. The molecule has 0 spiro atoms. The van der Waals surface area contributed by atoms with E-state index in [9.17, 15) is 9.59 Å². The van der Waals surface area contributed by atoms with Gasteiger partial charge in [-0.25, -0.2) is 9.97 Å². The zero-order chi connectivity index (χ0) is 23.6. The van der Waals surface area contributed by atoms with Crippen molar-refractivity contribution in [2.45, 2.75) is 13.8 Å². The highest BCUT2D eigenvalue weighted by atomic mass is 35.5. The van der Waals surface area contributed by atoms with Crippen LogP contribution >= 0.6 is 11.6 Å². The molecule has 0 aliphatic carbocycles. The molecule has 0 aliphatic heterocycles. The number of amides is 2. The number of hydrogen-bond donors (Lipinski definition) is 4. The topological polar surface area (TPSA) is 108 Å². The van der Waals surface area contributed by atoms with E-state index in [-0.39, 0.29) is 11.8 Å². The van der Waals surface area contributed by atoms with E-state index in [4.69, 9.17) is 11.6 Å². The Morgan fingerprint density at radius 2 is 1.48 bits per heavy atom. The zero-order valence-electron chi connectivity index (χ0n) is 18.6. The molecule has 8 nitrogen and oxygen atoms in total. The van der Waals surface area contributed by atoms with Crippen molar-refractivity contribution in [1.29, 1.82) is 0 Å². The van der Waals surface area contributed by atoms with Crippen LogP contribution in [0.2, 0.25) is 5.02 Å². The molecule has 0 aliphatic rings. The van der Waals surface area contributed by atoms with Gasteiger partial charge in [-0.3, -0.25) is 9.59 Å². The monoisotopic (exact) mass is 466 g/mol. The standard InChI is InChI=1S/C24H27ClN6O2/c1-16-4-3-5-19(14-16)24(33)29-13-12-28-22-15-21(27-11-10-26-17(2)32)30-23(31-22)18-6-8-20(25)9-7-18/h3-9,14-15H,10-13H2,1-2H3,(H,26,32)(H,29,33)(H2,27,28,30,31). The molecule has 0 saturated heterocycles. The van der Waals surface area contributed by atoms with Crippen molar-refractivity contribution in [3.63, 3.8) is 0 Å². The van der Waals surface area contributed by atoms with Gasteiger partial charge in [0.25, 0.3) is 5.91 Å². The maximum Gasteiger partial charge on any atom is 0.251 e. The Morgan fingerprint density at radius 3 is 2.09 bits per heavy atom. The van der Waals surface area contributed by atoms with E-state index >= 15 is 0 Å². The molecule has 1 aromatic heterocycles. The van der Waals surface area contributed by atoms with Gasteiger partial charge >= 0.3 is 0 Å². The van der Waals surface area contributed by atoms with Crippen molar-refractivity contribution in [2.24, 2.45) is 0 Å². The van der Waals surface area contributed by atoms with E-state index in [0.717, 1.165) is 11.1 Å². The lowest BCUT2D eigenvalue weighted by Crippen LogP contribution is -2.29. The van der Waals surface area contributed by atoms with Crippen LogP contribution in [-0.4, -0.2) is 48.0 Å². The van der Waals surface area contributed by atoms with Crippen LogP contribution in [0.25, 0.3) is 11.4 Å². The largest absolute Gasteiger partial charge is 0.368 e. The number of aryl methyl sites for hydroxylation is 1. The second-order valence-electron chi connectivity index (χ2n) is 7.43. The van der Waals surface area contributed by atoms with E-state index in [1.165, 1.54) is 6.92 Å². The molecular formula is C24H27ClN6O2. The third kappa shape index (κ3) is 7.76. The summed E-state index contributed by atoms with van der Waals surface area (Å²) in [5, 5.41) is 12.7. The average molecular weight is 467 g/mol. The first-order valence-electron chi connectivity index (χ1n) is 10.6. The summed E-state index contributed by atoms with van der Waals surface area (Å²) < 4.78 is 0. The summed E-state index contributed by atoms with van der Waals surface area (Å²) in [6.07, 6.45) is 0. The van der Waals surface area contributed by atoms with Crippen LogP contribution in [0, 0.1) is 6.92 Å². The Balaban J connectivity index is 1.64. The molecule has 3 aromatic rings. The van der Waals surface area contributed by atoms with Crippen LogP contribution in [0.5, 0.6) is 0 Å². The van der Waals surface area contributed by atoms with Crippen molar-refractivity contribution in [3.8, 4) is 11.4 Å². The van der Waals surface area contributed by atoms with Crippen molar-refractivity contribution in [2.75, 3.05) is 36.8 Å². The smallest absolute Gasteiger partial charge is 0.251 e. The molecule has 2 aromatic carbocycles. The molecule has 4 N–H and O–H groups in total. The lowest BCUT2D eigenvalue weighted by molar-refractivity contribution is -0.118. The third-order valence-electron chi connectivity index (χ3n) is 4.63. The first kappa shape index (κ1) is 24.0. The summed E-state index contributed by atoms with van der Waals surface area (Å²) >= 11 is 6.00. The number of nitrogens with one attached hydrogen (secondary N) is 4. The predicted octanol–water partition coefficient (Wildman–Crippen LogP) is 3.50. The van der Waals surface area contributed by atoms with E-state index in [1.807, 2.05) is 37.3 Å². The number of hydrogen-bond acceptors (Lipinski definition) is 6. The molecule has 0 radical (unpaired) electrons. The summed E-state index contributed by atoms with van der Waals surface area (Å²) in [6.45, 7) is 5.33. The highest BCUT2D eigenvalue weighted by Crippen LogP contribution is 2.22. The number of benzene rings is 2. The Morgan fingerprint density at radius 1 is 0.848 bits per heavy atom. The lowest BCUT2D eigenvalue weighted by atomic mass is 10.1. The van der Waals surface area contributed by atoms with Crippen LogP contribution in [0.3, 0.4) is 0 Å². The number of halogens is 1. The maximum absolute atomic E-state index is 12.3. The number of carbonyl (C=O) groups is 2. The summed E-state index contributed by atoms with van der Waals surface area (Å²) in [6, 6.07) is 16.5. The average Bonchev–Trinajstić information content (AvgIpc) is 2.80. The summed E-state index contributed by atoms with van der Waals surface area (Å²) in [4.78, 5) is 32.5. The minimum atomic E-state index is -0.120. The summed E-state index contributed by atoms with van der Waals surface area (Å²) in [5.74, 6) is 1.55.